The van der Waals surface area contributed by atoms with Gasteiger partial charge in [0.2, 0.25) is 5.91 Å². The summed E-state index contributed by atoms with van der Waals surface area (Å²) in [5.41, 5.74) is 3.28. The molecule has 1 aromatic rings. The third-order valence-electron chi connectivity index (χ3n) is 3.34. The Labute approximate surface area is 110 Å². The third-order valence-corrected chi connectivity index (χ3v) is 4.20. The number of benzene rings is 1. The number of hydrogen-bond donors (Lipinski definition) is 0. The number of carbonyl (C=O) groups is 1. The summed E-state index contributed by atoms with van der Waals surface area (Å²) in [6.45, 7) is 4.71. The van der Waals surface area contributed by atoms with Gasteiger partial charge in [0.05, 0.1) is 0 Å². The van der Waals surface area contributed by atoms with E-state index in [-0.39, 0.29) is 11.8 Å². The highest BCUT2D eigenvalue weighted by Gasteiger charge is 2.30. The Hall–Kier alpha value is -1.27. The van der Waals surface area contributed by atoms with Crippen LogP contribution in [0.15, 0.2) is 16.6 Å². The Morgan fingerprint density at radius 1 is 1.41 bits per heavy atom. The van der Waals surface area contributed by atoms with Crippen LogP contribution in [0.5, 0.6) is 0 Å². The molecule has 1 aromatic carbocycles. The molecule has 17 heavy (non-hydrogen) atoms. The summed E-state index contributed by atoms with van der Waals surface area (Å²) in [6.07, 6.45) is 5.86. The van der Waals surface area contributed by atoms with E-state index in [0.29, 0.717) is 13.0 Å². The fourth-order valence-electron chi connectivity index (χ4n) is 2.12. The van der Waals surface area contributed by atoms with Crippen LogP contribution < -0.4 is 4.90 Å². The molecule has 1 heterocycles. The molecule has 1 fully saturated rings. The number of anilines is 1. The fourth-order valence-corrected chi connectivity index (χ4v) is 2.55. The van der Waals surface area contributed by atoms with Crippen molar-refractivity contribution in [3.05, 3.63) is 27.7 Å². The first-order chi connectivity index (χ1) is 8.04. The molecule has 1 atom stereocenters. The number of halogens is 1. The maximum Gasteiger partial charge on any atom is 0.228 e. The second kappa shape index (κ2) is 4.54. The maximum atomic E-state index is 11.9. The van der Waals surface area contributed by atoms with E-state index in [1.807, 2.05) is 26.0 Å². The number of rotatable bonds is 1. The maximum absolute atomic E-state index is 11.9. The minimum atomic E-state index is 0.0471. The lowest BCUT2D eigenvalue weighted by molar-refractivity contribution is -0.117. The van der Waals surface area contributed by atoms with Gasteiger partial charge in [0.1, 0.15) is 0 Å². The van der Waals surface area contributed by atoms with E-state index in [1.165, 1.54) is 5.56 Å². The van der Waals surface area contributed by atoms with Crippen molar-refractivity contribution in [1.29, 1.82) is 0 Å². The predicted octanol–water partition coefficient (Wildman–Crippen LogP) is 3.05. The molecule has 2 rings (SSSR count). The van der Waals surface area contributed by atoms with Crippen LogP contribution in [0.25, 0.3) is 0 Å². The van der Waals surface area contributed by atoms with Gasteiger partial charge in [0.25, 0.3) is 0 Å². The van der Waals surface area contributed by atoms with E-state index in [4.69, 9.17) is 6.42 Å². The summed E-state index contributed by atoms with van der Waals surface area (Å²) >= 11 is 3.49. The number of amides is 1. The lowest BCUT2D eigenvalue weighted by Gasteiger charge is -2.20. The van der Waals surface area contributed by atoms with Gasteiger partial charge < -0.3 is 4.90 Å². The van der Waals surface area contributed by atoms with Crippen molar-refractivity contribution in [2.24, 2.45) is 5.92 Å². The Balaban J connectivity index is 2.40. The zero-order chi connectivity index (χ0) is 12.6. The fraction of sp³-hybridized carbons (Fsp3) is 0.357. The van der Waals surface area contributed by atoms with Crippen LogP contribution in [0, 0.1) is 32.1 Å². The predicted molar refractivity (Wildman–Crippen MR) is 72.9 cm³/mol. The van der Waals surface area contributed by atoms with Crippen LogP contribution >= 0.6 is 15.9 Å². The van der Waals surface area contributed by atoms with Crippen molar-refractivity contribution < 1.29 is 4.79 Å². The molecule has 1 amide bonds. The minimum absolute atomic E-state index is 0.0471. The normalized spacial score (nSPS) is 19.5. The zero-order valence-electron chi connectivity index (χ0n) is 9.96. The molecule has 1 saturated heterocycles. The molecule has 0 aliphatic carbocycles. The molecule has 1 aliphatic rings. The lowest BCUT2D eigenvalue weighted by Crippen LogP contribution is -2.25. The zero-order valence-corrected chi connectivity index (χ0v) is 11.5. The summed E-state index contributed by atoms with van der Waals surface area (Å²) in [7, 11) is 0. The van der Waals surface area contributed by atoms with Crippen LogP contribution in [-0.2, 0) is 4.79 Å². The average molecular weight is 292 g/mol. The third kappa shape index (κ3) is 2.10. The molecule has 0 spiro atoms. The van der Waals surface area contributed by atoms with Crippen molar-refractivity contribution in [3.63, 3.8) is 0 Å². The van der Waals surface area contributed by atoms with Crippen molar-refractivity contribution in [3.8, 4) is 12.3 Å². The van der Waals surface area contributed by atoms with Gasteiger partial charge in [-0.3, -0.25) is 4.79 Å². The monoisotopic (exact) mass is 291 g/mol. The molecule has 1 unspecified atom stereocenters. The average Bonchev–Trinajstić information content (AvgIpc) is 2.68. The molecule has 0 bridgehead atoms. The van der Waals surface area contributed by atoms with Gasteiger partial charge in [-0.05, 0) is 37.1 Å². The molecule has 0 radical (unpaired) electrons. The molecular formula is C14H14BrNO. The molecule has 0 saturated carbocycles. The Morgan fingerprint density at radius 2 is 2.12 bits per heavy atom. The van der Waals surface area contributed by atoms with Gasteiger partial charge >= 0.3 is 0 Å². The Kier molecular flexibility index (Phi) is 3.26. The topological polar surface area (TPSA) is 20.3 Å². The number of terminal acetylenes is 1. The highest BCUT2D eigenvalue weighted by Crippen LogP contribution is 2.32. The largest absolute Gasteiger partial charge is 0.311 e. The molecule has 88 valence electrons. The first-order valence-electron chi connectivity index (χ1n) is 5.56. The van der Waals surface area contributed by atoms with E-state index in [1.54, 1.807) is 4.90 Å². The SMILES string of the molecule is C#CC1CC(=O)N(c2ccc(Br)c(C)c2C)C1. The smallest absolute Gasteiger partial charge is 0.228 e. The molecule has 1 aliphatic heterocycles. The quantitative estimate of drug-likeness (QED) is 0.729. The van der Waals surface area contributed by atoms with Crippen LogP contribution in [0.3, 0.4) is 0 Å². The van der Waals surface area contributed by atoms with E-state index in [9.17, 15) is 4.79 Å². The van der Waals surface area contributed by atoms with E-state index in [0.717, 1.165) is 15.7 Å². The lowest BCUT2D eigenvalue weighted by atomic mass is 10.1. The first kappa shape index (κ1) is 12.2. The van der Waals surface area contributed by atoms with E-state index < -0.39 is 0 Å². The van der Waals surface area contributed by atoms with Crippen molar-refractivity contribution in [2.75, 3.05) is 11.4 Å². The van der Waals surface area contributed by atoms with Gasteiger partial charge in [-0.25, -0.2) is 0 Å². The van der Waals surface area contributed by atoms with Crippen LogP contribution in [0.2, 0.25) is 0 Å². The minimum Gasteiger partial charge on any atom is -0.311 e. The van der Waals surface area contributed by atoms with Crippen molar-refractivity contribution in [1.82, 2.24) is 0 Å². The second-order valence-electron chi connectivity index (χ2n) is 4.39. The van der Waals surface area contributed by atoms with Gasteiger partial charge in [0.15, 0.2) is 0 Å². The van der Waals surface area contributed by atoms with Crippen LogP contribution in [0.4, 0.5) is 5.69 Å². The van der Waals surface area contributed by atoms with Gasteiger partial charge in [-0.15, -0.1) is 12.3 Å². The molecule has 0 aromatic heterocycles. The Bertz CT molecular complexity index is 516. The molecule has 2 nitrogen and oxygen atoms in total. The number of nitrogens with zero attached hydrogens (tertiary/aromatic N) is 1. The molecule has 3 heteroatoms. The van der Waals surface area contributed by atoms with Crippen molar-refractivity contribution >= 4 is 27.5 Å². The number of hydrogen-bond acceptors (Lipinski definition) is 1. The highest BCUT2D eigenvalue weighted by molar-refractivity contribution is 9.10. The highest BCUT2D eigenvalue weighted by atomic mass is 79.9. The summed E-state index contributed by atoms with van der Waals surface area (Å²) in [4.78, 5) is 13.7. The Morgan fingerprint density at radius 3 is 2.71 bits per heavy atom. The van der Waals surface area contributed by atoms with Gasteiger partial charge in [-0.2, -0.15) is 0 Å². The van der Waals surface area contributed by atoms with E-state index >= 15 is 0 Å². The van der Waals surface area contributed by atoms with Gasteiger partial charge in [-0.1, -0.05) is 15.9 Å². The van der Waals surface area contributed by atoms with E-state index in [2.05, 4.69) is 21.9 Å². The number of carbonyl (C=O) groups excluding carboxylic acids is 1. The summed E-state index contributed by atoms with van der Waals surface area (Å²) < 4.78 is 1.07. The summed E-state index contributed by atoms with van der Waals surface area (Å²) in [6, 6.07) is 3.96. The standard InChI is InChI=1S/C14H14BrNO/c1-4-11-7-14(17)16(8-11)13-6-5-12(15)9(2)10(13)3/h1,5-6,11H,7-8H2,2-3H3. The second-order valence-corrected chi connectivity index (χ2v) is 5.24. The van der Waals surface area contributed by atoms with Crippen molar-refractivity contribution in [2.45, 2.75) is 20.3 Å². The molecular weight excluding hydrogens is 278 g/mol. The van der Waals surface area contributed by atoms with Crippen LogP contribution in [-0.4, -0.2) is 12.5 Å². The van der Waals surface area contributed by atoms with Crippen LogP contribution in [0.1, 0.15) is 17.5 Å². The van der Waals surface area contributed by atoms with Gasteiger partial charge in [0, 0.05) is 29.0 Å². The first-order valence-corrected chi connectivity index (χ1v) is 6.36. The summed E-state index contributed by atoms with van der Waals surface area (Å²) in [5.74, 6) is 2.84. The summed E-state index contributed by atoms with van der Waals surface area (Å²) in [5, 5.41) is 0. The molecule has 0 N–H and O–H groups in total.